The summed E-state index contributed by atoms with van der Waals surface area (Å²) in [5.41, 5.74) is 2.60. The van der Waals surface area contributed by atoms with Gasteiger partial charge in [-0.1, -0.05) is 23.7 Å². The van der Waals surface area contributed by atoms with Crippen molar-refractivity contribution < 1.29 is 14.3 Å². The number of carbonyl (C=O) groups is 1. The van der Waals surface area contributed by atoms with E-state index in [1.54, 1.807) is 24.3 Å². The number of hydrogen-bond donors (Lipinski definition) is 1. The smallest absolute Gasteiger partial charge is 0.258 e. The number of halogens is 1. The van der Waals surface area contributed by atoms with Crippen molar-refractivity contribution >= 4 is 17.5 Å². The topological polar surface area (TPSA) is 47.6 Å². The lowest BCUT2D eigenvalue weighted by Gasteiger charge is -2.19. The van der Waals surface area contributed by atoms with Gasteiger partial charge in [-0.25, -0.2) is 0 Å². The highest BCUT2D eigenvalue weighted by molar-refractivity contribution is 6.30. The lowest BCUT2D eigenvalue weighted by atomic mass is 9.91. The van der Waals surface area contributed by atoms with E-state index in [0.717, 1.165) is 24.3 Å². The number of hydrogen-bond acceptors (Lipinski definition) is 3. The van der Waals surface area contributed by atoms with Crippen LogP contribution in [-0.4, -0.2) is 25.7 Å². The van der Waals surface area contributed by atoms with Crippen LogP contribution in [0.25, 0.3) is 0 Å². The molecule has 0 bridgehead atoms. The van der Waals surface area contributed by atoms with E-state index in [4.69, 9.17) is 21.1 Å². The molecule has 0 atom stereocenters. The average molecular weight is 360 g/mol. The van der Waals surface area contributed by atoms with Gasteiger partial charge in [-0.3, -0.25) is 4.79 Å². The fourth-order valence-corrected chi connectivity index (χ4v) is 3.09. The molecule has 0 aromatic heterocycles. The molecule has 5 heteroatoms. The quantitative estimate of drug-likeness (QED) is 0.765. The van der Waals surface area contributed by atoms with Crippen LogP contribution in [0.4, 0.5) is 0 Å². The molecule has 25 heavy (non-hydrogen) atoms. The molecule has 0 heterocycles. The zero-order chi connectivity index (χ0) is 17.5. The second-order valence-corrected chi connectivity index (χ2v) is 6.48. The van der Waals surface area contributed by atoms with Crippen LogP contribution in [-0.2, 0) is 17.6 Å². The Morgan fingerprint density at radius 1 is 1.04 bits per heavy atom. The SMILES string of the molecule is O=C(COc1cccc2c1CCCC2)NCCOc1ccc(Cl)cc1. The van der Waals surface area contributed by atoms with Crippen LogP contribution in [0.1, 0.15) is 24.0 Å². The van der Waals surface area contributed by atoms with Crippen molar-refractivity contribution in [3.8, 4) is 11.5 Å². The summed E-state index contributed by atoms with van der Waals surface area (Å²) in [4.78, 5) is 11.9. The number of aryl methyl sites for hydroxylation is 1. The molecular formula is C20H22ClNO3. The monoisotopic (exact) mass is 359 g/mol. The fourth-order valence-electron chi connectivity index (χ4n) is 2.97. The van der Waals surface area contributed by atoms with Gasteiger partial charge in [0.2, 0.25) is 0 Å². The number of amides is 1. The minimum Gasteiger partial charge on any atom is -0.492 e. The fraction of sp³-hybridized carbons (Fsp3) is 0.350. The summed E-state index contributed by atoms with van der Waals surface area (Å²) >= 11 is 5.82. The van der Waals surface area contributed by atoms with Crippen LogP contribution in [0.5, 0.6) is 11.5 Å². The average Bonchev–Trinajstić information content (AvgIpc) is 2.65. The molecule has 1 aliphatic rings. The van der Waals surface area contributed by atoms with Crippen LogP contribution in [0.3, 0.4) is 0 Å². The summed E-state index contributed by atoms with van der Waals surface area (Å²) < 4.78 is 11.3. The maximum Gasteiger partial charge on any atom is 0.258 e. The second-order valence-electron chi connectivity index (χ2n) is 6.04. The van der Waals surface area contributed by atoms with E-state index < -0.39 is 0 Å². The third-order valence-electron chi connectivity index (χ3n) is 4.22. The Labute approximate surface area is 153 Å². The number of rotatable bonds is 7. The Hall–Kier alpha value is -2.20. The molecule has 1 N–H and O–H groups in total. The van der Waals surface area contributed by atoms with Gasteiger partial charge in [-0.05, 0) is 67.1 Å². The van der Waals surface area contributed by atoms with Crippen LogP contribution in [0, 0.1) is 0 Å². The molecule has 2 aromatic rings. The van der Waals surface area contributed by atoms with Crippen LogP contribution in [0.2, 0.25) is 5.02 Å². The van der Waals surface area contributed by atoms with Gasteiger partial charge in [0, 0.05) is 5.02 Å². The third-order valence-corrected chi connectivity index (χ3v) is 4.47. The molecule has 0 radical (unpaired) electrons. The summed E-state index contributed by atoms with van der Waals surface area (Å²) in [6.45, 7) is 0.850. The summed E-state index contributed by atoms with van der Waals surface area (Å²) in [7, 11) is 0. The molecule has 132 valence electrons. The Morgan fingerprint density at radius 3 is 2.68 bits per heavy atom. The van der Waals surface area contributed by atoms with Crippen molar-refractivity contribution in [3.63, 3.8) is 0 Å². The van der Waals surface area contributed by atoms with Crippen molar-refractivity contribution in [2.45, 2.75) is 25.7 Å². The molecule has 1 aliphatic carbocycles. The second kappa shape index (κ2) is 8.77. The Morgan fingerprint density at radius 2 is 1.84 bits per heavy atom. The Kier molecular flexibility index (Phi) is 6.18. The first kappa shape index (κ1) is 17.6. The lowest BCUT2D eigenvalue weighted by Crippen LogP contribution is -2.32. The zero-order valence-electron chi connectivity index (χ0n) is 14.1. The minimum atomic E-state index is -0.145. The maximum absolute atomic E-state index is 11.9. The van der Waals surface area contributed by atoms with E-state index in [1.807, 2.05) is 12.1 Å². The maximum atomic E-state index is 11.9. The number of nitrogens with one attached hydrogen (secondary N) is 1. The molecule has 1 amide bonds. The van der Waals surface area contributed by atoms with E-state index in [9.17, 15) is 4.79 Å². The van der Waals surface area contributed by atoms with Gasteiger partial charge in [0.05, 0.1) is 6.54 Å². The van der Waals surface area contributed by atoms with E-state index in [2.05, 4.69) is 11.4 Å². The molecule has 2 aromatic carbocycles. The van der Waals surface area contributed by atoms with Crippen molar-refractivity contribution in [3.05, 3.63) is 58.6 Å². The van der Waals surface area contributed by atoms with Crippen molar-refractivity contribution in [2.75, 3.05) is 19.8 Å². The molecule has 0 unspecified atom stereocenters. The first-order chi connectivity index (χ1) is 12.2. The number of carbonyl (C=O) groups excluding carboxylic acids is 1. The van der Waals surface area contributed by atoms with Gasteiger partial charge in [0.25, 0.3) is 5.91 Å². The summed E-state index contributed by atoms with van der Waals surface area (Å²) in [5.74, 6) is 1.42. The highest BCUT2D eigenvalue weighted by Gasteiger charge is 2.14. The van der Waals surface area contributed by atoms with Crippen LogP contribution >= 0.6 is 11.6 Å². The van der Waals surface area contributed by atoms with Gasteiger partial charge >= 0.3 is 0 Å². The molecule has 0 aliphatic heterocycles. The normalized spacial score (nSPS) is 13.0. The Balaban J connectivity index is 1.39. The van der Waals surface area contributed by atoms with Gasteiger partial charge < -0.3 is 14.8 Å². The van der Waals surface area contributed by atoms with Gasteiger partial charge in [-0.2, -0.15) is 0 Å². The standard InChI is InChI=1S/C20H22ClNO3/c21-16-8-10-17(11-9-16)24-13-12-22-20(23)14-25-19-7-3-5-15-4-1-2-6-18(15)19/h3,5,7-11H,1-2,4,6,12-14H2,(H,22,23). The number of ether oxygens (including phenoxy) is 2. The first-order valence-corrected chi connectivity index (χ1v) is 8.99. The molecule has 4 nitrogen and oxygen atoms in total. The minimum absolute atomic E-state index is 0.0252. The molecule has 0 saturated carbocycles. The van der Waals surface area contributed by atoms with Gasteiger partial charge in [0.15, 0.2) is 6.61 Å². The van der Waals surface area contributed by atoms with Crippen molar-refractivity contribution in [1.29, 1.82) is 0 Å². The van der Waals surface area contributed by atoms with Crippen LogP contribution in [0.15, 0.2) is 42.5 Å². The number of fused-ring (bicyclic) bond motifs is 1. The largest absolute Gasteiger partial charge is 0.492 e. The summed E-state index contributed by atoms with van der Waals surface area (Å²) in [5, 5.41) is 3.47. The summed E-state index contributed by atoms with van der Waals surface area (Å²) in [6, 6.07) is 13.2. The lowest BCUT2D eigenvalue weighted by molar-refractivity contribution is -0.123. The molecule has 0 spiro atoms. The number of benzene rings is 2. The molecule has 3 rings (SSSR count). The predicted molar refractivity (Wildman–Crippen MR) is 98.5 cm³/mol. The van der Waals surface area contributed by atoms with E-state index in [0.29, 0.717) is 18.2 Å². The summed E-state index contributed by atoms with van der Waals surface area (Å²) in [6.07, 6.45) is 4.54. The van der Waals surface area contributed by atoms with Gasteiger partial charge in [0.1, 0.15) is 18.1 Å². The van der Waals surface area contributed by atoms with E-state index >= 15 is 0 Å². The third kappa shape index (κ3) is 5.13. The Bertz CT molecular complexity index is 715. The molecule has 0 saturated heterocycles. The van der Waals surface area contributed by atoms with Crippen molar-refractivity contribution in [2.24, 2.45) is 0 Å². The van der Waals surface area contributed by atoms with Crippen LogP contribution < -0.4 is 14.8 Å². The van der Waals surface area contributed by atoms with Crippen molar-refractivity contribution in [1.82, 2.24) is 5.32 Å². The zero-order valence-corrected chi connectivity index (χ0v) is 14.8. The van der Waals surface area contributed by atoms with E-state index in [-0.39, 0.29) is 12.5 Å². The molecule has 0 fully saturated rings. The van der Waals surface area contributed by atoms with E-state index in [1.165, 1.54) is 24.0 Å². The first-order valence-electron chi connectivity index (χ1n) is 8.61. The molecular weight excluding hydrogens is 338 g/mol. The van der Waals surface area contributed by atoms with Gasteiger partial charge in [-0.15, -0.1) is 0 Å². The highest BCUT2D eigenvalue weighted by atomic mass is 35.5. The highest BCUT2D eigenvalue weighted by Crippen LogP contribution is 2.29. The predicted octanol–water partition coefficient (Wildman–Crippen LogP) is 3.79.